The Morgan fingerprint density at radius 2 is 1.89 bits per heavy atom. The van der Waals surface area contributed by atoms with E-state index in [1.165, 1.54) is 7.11 Å². The highest BCUT2D eigenvalue weighted by atomic mass is 35.5. The van der Waals surface area contributed by atoms with Gasteiger partial charge in [-0.1, -0.05) is 30.3 Å². The van der Waals surface area contributed by atoms with Crippen molar-refractivity contribution in [1.29, 1.82) is 0 Å². The average molecular weight is 273 g/mol. The molecule has 0 aromatic heterocycles. The quantitative estimate of drug-likeness (QED) is 0.773. The number of likely N-dealkylation sites (N-methyl/N-ethyl adjacent to an activating group) is 1. The fraction of sp³-hybridized carbons (Fsp3) is 0.333. The Bertz CT molecular complexity index is 384. The second-order valence-corrected chi connectivity index (χ2v) is 3.46. The number of amides is 1. The number of halogens is 1. The number of carbonyl (C=O) groups is 2. The first-order valence-electron chi connectivity index (χ1n) is 5.25. The summed E-state index contributed by atoms with van der Waals surface area (Å²) in [5.74, 6) is -0.743. The highest BCUT2D eigenvalue weighted by molar-refractivity contribution is 5.86. The van der Waals surface area contributed by atoms with E-state index in [1.54, 1.807) is 31.3 Å². The number of methoxy groups -OCH3 is 1. The van der Waals surface area contributed by atoms with Crippen LogP contribution in [0.3, 0.4) is 0 Å². The SMILES string of the molecule is CNCC(=O)NC(C(=O)OC)c1ccccc1.Cl. The lowest BCUT2D eigenvalue weighted by Crippen LogP contribution is -2.38. The Hall–Kier alpha value is -1.59. The van der Waals surface area contributed by atoms with Crippen LogP contribution in [-0.4, -0.2) is 32.6 Å². The Balaban J connectivity index is 0.00000289. The summed E-state index contributed by atoms with van der Waals surface area (Å²) in [6, 6.07) is 8.21. The monoisotopic (exact) mass is 272 g/mol. The van der Waals surface area contributed by atoms with Crippen LogP contribution in [0.15, 0.2) is 30.3 Å². The van der Waals surface area contributed by atoms with Crippen molar-refractivity contribution in [2.75, 3.05) is 20.7 Å². The van der Waals surface area contributed by atoms with Crippen molar-refractivity contribution in [3.63, 3.8) is 0 Å². The molecule has 0 fully saturated rings. The fourth-order valence-electron chi connectivity index (χ4n) is 1.41. The summed E-state index contributed by atoms with van der Waals surface area (Å²) >= 11 is 0. The van der Waals surface area contributed by atoms with E-state index >= 15 is 0 Å². The zero-order chi connectivity index (χ0) is 12.7. The average Bonchev–Trinajstić information content (AvgIpc) is 2.36. The van der Waals surface area contributed by atoms with Crippen LogP contribution in [0, 0.1) is 0 Å². The Kier molecular flexibility index (Phi) is 7.74. The topological polar surface area (TPSA) is 67.4 Å². The molecule has 100 valence electrons. The van der Waals surface area contributed by atoms with Gasteiger partial charge in [-0.2, -0.15) is 0 Å². The second kappa shape index (κ2) is 8.49. The third-order valence-corrected chi connectivity index (χ3v) is 2.21. The number of rotatable bonds is 5. The summed E-state index contributed by atoms with van der Waals surface area (Å²) in [5, 5.41) is 5.33. The van der Waals surface area contributed by atoms with Gasteiger partial charge in [-0.3, -0.25) is 4.79 Å². The third kappa shape index (κ3) is 4.73. The van der Waals surface area contributed by atoms with Gasteiger partial charge in [0, 0.05) is 0 Å². The molecule has 0 bridgehead atoms. The molecule has 1 amide bonds. The summed E-state index contributed by atoms with van der Waals surface area (Å²) in [6.45, 7) is 0.153. The first-order chi connectivity index (χ1) is 8.19. The minimum Gasteiger partial charge on any atom is -0.467 e. The molecule has 1 aromatic rings. The number of hydrogen-bond donors (Lipinski definition) is 2. The first kappa shape index (κ1) is 16.4. The summed E-state index contributed by atoms with van der Waals surface area (Å²) in [7, 11) is 2.96. The molecule has 0 aliphatic carbocycles. The van der Waals surface area contributed by atoms with Crippen molar-refractivity contribution in [1.82, 2.24) is 10.6 Å². The first-order valence-corrected chi connectivity index (χ1v) is 5.25. The van der Waals surface area contributed by atoms with Crippen LogP contribution in [0.4, 0.5) is 0 Å². The van der Waals surface area contributed by atoms with Crippen LogP contribution in [-0.2, 0) is 14.3 Å². The second-order valence-electron chi connectivity index (χ2n) is 3.46. The number of benzene rings is 1. The molecule has 0 aliphatic rings. The van der Waals surface area contributed by atoms with Crippen molar-refractivity contribution in [2.24, 2.45) is 0 Å². The molecule has 0 aliphatic heterocycles. The van der Waals surface area contributed by atoms with Gasteiger partial charge in [-0.15, -0.1) is 12.4 Å². The largest absolute Gasteiger partial charge is 0.467 e. The number of nitrogens with one attached hydrogen (secondary N) is 2. The van der Waals surface area contributed by atoms with E-state index in [-0.39, 0.29) is 24.9 Å². The number of ether oxygens (including phenoxy) is 1. The molecule has 0 spiro atoms. The molecule has 0 saturated carbocycles. The lowest BCUT2D eigenvalue weighted by Gasteiger charge is -2.16. The Morgan fingerprint density at radius 1 is 1.28 bits per heavy atom. The van der Waals surface area contributed by atoms with Gasteiger partial charge in [0.1, 0.15) is 0 Å². The molecule has 18 heavy (non-hydrogen) atoms. The van der Waals surface area contributed by atoms with Gasteiger partial charge >= 0.3 is 5.97 Å². The molecule has 6 heteroatoms. The zero-order valence-corrected chi connectivity index (χ0v) is 11.1. The molecule has 1 atom stereocenters. The molecule has 1 unspecified atom stereocenters. The maximum atomic E-state index is 11.6. The molecular formula is C12H17ClN2O3. The fourth-order valence-corrected chi connectivity index (χ4v) is 1.41. The van der Waals surface area contributed by atoms with E-state index in [2.05, 4.69) is 15.4 Å². The molecular weight excluding hydrogens is 256 g/mol. The predicted molar refractivity (Wildman–Crippen MR) is 70.5 cm³/mol. The van der Waals surface area contributed by atoms with E-state index < -0.39 is 12.0 Å². The van der Waals surface area contributed by atoms with Crippen molar-refractivity contribution < 1.29 is 14.3 Å². The van der Waals surface area contributed by atoms with Crippen molar-refractivity contribution >= 4 is 24.3 Å². The third-order valence-electron chi connectivity index (χ3n) is 2.21. The lowest BCUT2D eigenvalue weighted by molar-refractivity contribution is -0.145. The lowest BCUT2D eigenvalue weighted by atomic mass is 10.1. The molecule has 0 heterocycles. The molecule has 1 rings (SSSR count). The maximum absolute atomic E-state index is 11.6. The molecule has 1 aromatic carbocycles. The molecule has 0 saturated heterocycles. The number of carbonyl (C=O) groups excluding carboxylic acids is 2. The van der Waals surface area contributed by atoms with E-state index in [0.29, 0.717) is 5.56 Å². The van der Waals surface area contributed by atoms with Crippen LogP contribution >= 0.6 is 12.4 Å². The predicted octanol–water partition coefficient (Wildman–Crippen LogP) is 0.658. The van der Waals surface area contributed by atoms with Gasteiger partial charge in [-0.25, -0.2) is 4.79 Å². The standard InChI is InChI=1S/C12H16N2O3.ClH/c1-13-8-10(15)14-11(12(16)17-2)9-6-4-3-5-7-9;/h3-7,11,13H,8H2,1-2H3,(H,14,15);1H. The normalized spacial score (nSPS) is 11.0. The Morgan fingerprint density at radius 3 is 2.39 bits per heavy atom. The molecule has 0 radical (unpaired) electrons. The van der Waals surface area contributed by atoms with Crippen molar-refractivity contribution in [2.45, 2.75) is 6.04 Å². The zero-order valence-electron chi connectivity index (χ0n) is 10.3. The van der Waals surface area contributed by atoms with Crippen LogP contribution < -0.4 is 10.6 Å². The summed E-state index contributed by atoms with van der Waals surface area (Å²) in [4.78, 5) is 23.1. The number of esters is 1. The van der Waals surface area contributed by atoms with Gasteiger partial charge in [0.15, 0.2) is 6.04 Å². The molecule has 2 N–H and O–H groups in total. The van der Waals surface area contributed by atoms with E-state index in [4.69, 9.17) is 0 Å². The van der Waals surface area contributed by atoms with Crippen molar-refractivity contribution in [3.05, 3.63) is 35.9 Å². The number of hydrogen-bond acceptors (Lipinski definition) is 4. The molecule has 5 nitrogen and oxygen atoms in total. The van der Waals surface area contributed by atoms with E-state index in [9.17, 15) is 9.59 Å². The van der Waals surface area contributed by atoms with Gasteiger partial charge in [-0.05, 0) is 12.6 Å². The summed E-state index contributed by atoms with van der Waals surface area (Å²) < 4.78 is 4.67. The Labute approximate surface area is 112 Å². The smallest absolute Gasteiger partial charge is 0.333 e. The minimum absolute atomic E-state index is 0. The van der Waals surface area contributed by atoms with E-state index in [0.717, 1.165) is 0 Å². The van der Waals surface area contributed by atoms with E-state index in [1.807, 2.05) is 6.07 Å². The van der Waals surface area contributed by atoms with Crippen molar-refractivity contribution in [3.8, 4) is 0 Å². The summed E-state index contributed by atoms with van der Waals surface area (Å²) in [5.41, 5.74) is 0.698. The summed E-state index contributed by atoms with van der Waals surface area (Å²) in [6.07, 6.45) is 0. The van der Waals surface area contributed by atoms with Gasteiger partial charge in [0.2, 0.25) is 5.91 Å². The van der Waals surface area contributed by atoms with Crippen LogP contribution in [0.2, 0.25) is 0 Å². The maximum Gasteiger partial charge on any atom is 0.333 e. The highest BCUT2D eigenvalue weighted by Crippen LogP contribution is 2.13. The van der Waals surface area contributed by atoms with Gasteiger partial charge in [0.25, 0.3) is 0 Å². The highest BCUT2D eigenvalue weighted by Gasteiger charge is 2.22. The van der Waals surface area contributed by atoms with Crippen LogP contribution in [0.25, 0.3) is 0 Å². The van der Waals surface area contributed by atoms with Crippen LogP contribution in [0.5, 0.6) is 0 Å². The van der Waals surface area contributed by atoms with Gasteiger partial charge < -0.3 is 15.4 Å². The minimum atomic E-state index is -0.762. The van der Waals surface area contributed by atoms with Gasteiger partial charge in [0.05, 0.1) is 13.7 Å². The van der Waals surface area contributed by atoms with Crippen LogP contribution in [0.1, 0.15) is 11.6 Å².